The highest BCUT2D eigenvalue weighted by molar-refractivity contribution is 7.15. The van der Waals surface area contributed by atoms with E-state index in [1.165, 1.54) is 22.7 Å². The first-order valence-electron chi connectivity index (χ1n) is 9.33. The van der Waals surface area contributed by atoms with E-state index in [1.807, 2.05) is 48.2 Å². The highest BCUT2D eigenvalue weighted by Crippen LogP contribution is 2.34. The van der Waals surface area contributed by atoms with Gasteiger partial charge in [-0.3, -0.25) is 14.5 Å². The van der Waals surface area contributed by atoms with Gasteiger partial charge in [0.15, 0.2) is 21.6 Å². The molecule has 31 heavy (non-hydrogen) atoms. The number of nitrogens with one attached hydrogen (secondary N) is 1. The molecule has 3 aromatic heterocycles. The van der Waals surface area contributed by atoms with Crippen molar-refractivity contribution >= 4 is 50.8 Å². The molecule has 1 N–H and O–H groups in total. The topological polar surface area (TPSA) is 77.8 Å². The summed E-state index contributed by atoms with van der Waals surface area (Å²) in [5.41, 5.74) is 2.62. The fraction of sp³-hybridized carbons (Fsp3) is 0.136. The number of ether oxygens (including phenoxy) is 2. The third kappa shape index (κ3) is 4.37. The number of methoxy groups -OCH3 is 1. The first kappa shape index (κ1) is 20.8. The highest BCUT2D eigenvalue weighted by atomic mass is 32.1. The van der Waals surface area contributed by atoms with Gasteiger partial charge in [0, 0.05) is 22.5 Å². The number of fused-ring (bicyclic) bond motifs is 1. The maximum Gasteiger partial charge on any atom is 0.276 e. The Labute approximate surface area is 187 Å². The maximum absolute atomic E-state index is 13.1. The van der Waals surface area contributed by atoms with E-state index in [0.29, 0.717) is 33.8 Å². The van der Waals surface area contributed by atoms with E-state index in [1.54, 1.807) is 24.5 Å². The van der Waals surface area contributed by atoms with Crippen LogP contribution in [0.15, 0.2) is 47.5 Å². The summed E-state index contributed by atoms with van der Waals surface area (Å²) < 4.78 is 13.0. The van der Waals surface area contributed by atoms with Crippen molar-refractivity contribution in [1.82, 2.24) is 14.4 Å². The van der Waals surface area contributed by atoms with Crippen LogP contribution in [0.4, 0.5) is 5.13 Å². The minimum atomic E-state index is -0.274. The molecule has 0 radical (unpaired) electrons. The van der Waals surface area contributed by atoms with Gasteiger partial charge < -0.3 is 9.47 Å². The Bertz CT molecular complexity index is 1300. The minimum Gasteiger partial charge on any atom is -0.493 e. The van der Waals surface area contributed by atoms with Crippen molar-refractivity contribution in [1.29, 1.82) is 0 Å². The number of aryl methyl sites for hydroxylation is 1. The SMILES string of the molecule is C=C(C)Oc1c(C=Cc2nc3sccn3c2C(=O)Nc2nc(C)cs2)cccc1OC. The van der Waals surface area contributed by atoms with Crippen LogP contribution in [0.5, 0.6) is 11.5 Å². The molecule has 0 unspecified atom stereocenters. The monoisotopic (exact) mass is 452 g/mol. The number of carbonyl (C=O) groups excluding carboxylic acids is 1. The van der Waals surface area contributed by atoms with Gasteiger partial charge in [-0.15, -0.1) is 22.7 Å². The fourth-order valence-corrected chi connectivity index (χ4v) is 4.39. The van der Waals surface area contributed by atoms with Crippen LogP contribution in [0.25, 0.3) is 17.1 Å². The number of amides is 1. The molecule has 1 aromatic carbocycles. The average Bonchev–Trinajstić information content (AvgIpc) is 3.42. The molecule has 0 spiro atoms. The molecule has 0 saturated carbocycles. The number of thiazole rings is 2. The lowest BCUT2D eigenvalue weighted by molar-refractivity contribution is 0.102. The first-order valence-corrected chi connectivity index (χ1v) is 11.1. The molecule has 4 aromatic rings. The summed E-state index contributed by atoms with van der Waals surface area (Å²) in [6.07, 6.45) is 5.47. The van der Waals surface area contributed by atoms with Gasteiger partial charge in [-0.25, -0.2) is 9.97 Å². The second-order valence-electron chi connectivity index (χ2n) is 6.67. The lowest BCUT2D eigenvalue weighted by Gasteiger charge is -2.12. The standard InChI is InChI=1S/C22H20N4O3S2/c1-13(2)29-19-15(6-5-7-17(19)28-4)8-9-16-18(26-10-11-30-22(26)24-16)20(27)25-21-23-14(3)12-31-21/h5-12H,1H2,2-4H3,(H,23,25,27). The Morgan fingerprint density at radius 1 is 1.26 bits per heavy atom. The van der Waals surface area contributed by atoms with Crippen molar-refractivity contribution in [3.63, 3.8) is 0 Å². The van der Waals surface area contributed by atoms with Crippen LogP contribution in [0.2, 0.25) is 0 Å². The lowest BCUT2D eigenvalue weighted by Crippen LogP contribution is -2.15. The fourth-order valence-electron chi connectivity index (χ4n) is 2.99. The van der Waals surface area contributed by atoms with Crippen molar-refractivity contribution in [2.75, 3.05) is 12.4 Å². The Kier molecular flexibility index (Phi) is 5.88. The number of aromatic nitrogens is 3. The van der Waals surface area contributed by atoms with E-state index in [0.717, 1.165) is 16.2 Å². The van der Waals surface area contributed by atoms with E-state index in [-0.39, 0.29) is 5.91 Å². The second kappa shape index (κ2) is 8.75. The number of nitrogens with zero attached hydrogens (tertiary/aromatic N) is 3. The summed E-state index contributed by atoms with van der Waals surface area (Å²) in [6.45, 7) is 7.47. The van der Waals surface area contributed by atoms with Crippen LogP contribution in [0.3, 0.4) is 0 Å². The highest BCUT2D eigenvalue weighted by Gasteiger charge is 2.20. The molecule has 0 fully saturated rings. The number of para-hydroxylation sites is 1. The molecule has 7 nitrogen and oxygen atoms in total. The Morgan fingerprint density at radius 3 is 2.81 bits per heavy atom. The lowest BCUT2D eigenvalue weighted by atomic mass is 10.1. The molecule has 1 amide bonds. The number of imidazole rings is 1. The number of allylic oxidation sites excluding steroid dienone is 1. The molecular weight excluding hydrogens is 432 g/mol. The first-order chi connectivity index (χ1) is 15.0. The van der Waals surface area contributed by atoms with Gasteiger partial charge in [0.25, 0.3) is 5.91 Å². The van der Waals surface area contributed by atoms with Crippen LogP contribution in [-0.2, 0) is 0 Å². The van der Waals surface area contributed by atoms with Crippen molar-refractivity contribution in [3.05, 3.63) is 70.1 Å². The summed E-state index contributed by atoms with van der Waals surface area (Å²) in [5, 5.41) is 7.19. The predicted molar refractivity (Wildman–Crippen MR) is 125 cm³/mol. The molecule has 0 atom stereocenters. The molecule has 4 rings (SSSR count). The number of anilines is 1. The summed E-state index contributed by atoms with van der Waals surface area (Å²) in [7, 11) is 1.58. The molecule has 0 aliphatic heterocycles. The second-order valence-corrected chi connectivity index (χ2v) is 8.40. The van der Waals surface area contributed by atoms with Gasteiger partial charge in [-0.2, -0.15) is 0 Å². The van der Waals surface area contributed by atoms with E-state index >= 15 is 0 Å². The molecule has 9 heteroatoms. The van der Waals surface area contributed by atoms with Crippen molar-refractivity contribution in [3.8, 4) is 11.5 Å². The molecule has 3 heterocycles. The summed E-state index contributed by atoms with van der Waals surface area (Å²) in [4.78, 5) is 22.7. The quantitative estimate of drug-likeness (QED) is 0.374. The van der Waals surface area contributed by atoms with Gasteiger partial charge in [0.1, 0.15) is 5.69 Å². The average molecular weight is 453 g/mol. The summed E-state index contributed by atoms with van der Waals surface area (Å²) in [6, 6.07) is 5.58. The maximum atomic E-state index is 13.1. The number of hydrogen-bond acceptors (Lipinski definition) is 7. The number of carbonyl (C=O) groups is 1. The Morgan fingerprint density at radius 2 is 2.10 bits per heavy atom. The smallest absolute Gasteiger partial charge is 0.276 e. The largest absolute Gasteiger partial charge is 0.493 e. The van der Waals surface area contributed by atoms with E-state index in [9.17, 15) is 4.79 Å². The van der Waals surface area contributed by atoms with Gasteiger partial charge in [-0.05, 0) is 32.1 Å². The van der Waals surface area contributed by atoms with E-state index in [2.05, 4.69) is 21.9 Å². The van der Waals surface area contributed by atoms with Crippen LogP contribution >= 0.6 is 22.7 Å². The zero-order valence-electron chi connectivity index (χ0n) is 17.2. The zero-order chi connectivity index (χ0) is 22.0. The molecule has 0 aliphatic carbocycles. The third-order valence-corrected chi connectivity index (χ3v) is 5.90. The predicted octanol–water partition coefficient (Wildman–Crippen LogP) is 5.50. The van der Waals surface area contributed by atoms with Gasteiger partial charge in [0.2, 0.25) is 0 Å². The van der Waals surface area contributed by atoms with Gasteiger partial charge in [-0.1, -0.05) is 18.7 Å². The number of hydrogen-bond donors (Lipinski definition) is 1. The van der Waals surface area contributed by atoms with E-state index in [4.69, 9.17) is 9.47 Å². The van der Waals surface area contributed by atoms with Crippen LogP contribution in [-0.4, -0.2) is 27.4 Å². The molecule has 0 bridgehead atoms. The van der Waals surface area contributed by atoms with Crippen molar-refractivity contribution in [2.24, 2.45) is 0 Å². The molecule has 0 saturated heterocycles. The van der Waals surface area contributed by atoms with Crippen molar-refractivity contribution in [2.45, 2.75) is 13.8 Å². The molecule has 158 valence electrons. The minimum absolute atomic E-state index is 0.274. The third-order valence-electron chi connectivity index (χ3n) is 4.27. The summed E-state index contributed by atoms with van der Waals surface area (Å²) >= 11 is 2.84. The zero-order valence-corrected chi connectivity index (χ0v) is 18.8. The van der Waals surface area contributed by atoms with Crippen molar-refractivity contribution < 1.29 is 14.3 Å². The molecular formula is C22H20N4O3S2. The van der Waals surface area contributed by atoms with Gasteiger partial charge >= 0.3 is 0 Å². The van der Waals surface area contributed by atoms with Gasteiger partial charge in [0.05, 0.1) is 24.3 Å². The van der Waals surface area contributed by atoms with Crippen LogP contribution in [0.1, 0.15) is 34.4 Å². The summed E-state index contributed by atoms with van der Waals surface area (Å²) in [5.74, 6) is 1.41. The van der Waals surface area contributed by atoms with Crippen LogP contribution in [0, 0.1) is 6.92 Å². The normalized spacial score (nSPS) is 11.2. The number of rotatable bonds is 7. The van der Waals surface area contributed by atoms with Crippen LogP contribution < -0.4 is 14.8 Å². The number of benzene rings is 1. The Balaban J connectivity index is 1.72. The van der Waals surface area contributed by atoms with E-state index < -0.39 is 0 Å². The Hall–Kier alpha value is -3.43. The molecule has 0 aliphatic rings.